The Morgan fingerprint density at radius 3 is 2.48 bits per heavy atom. The van der Waals surface area contributed by atoms with E-state index in [-0.39, 0.29) is 6.04 Å². The molecule has 4 heterocycles. The number of halogens is 1. The lowest BCUT2D eigenvalue weighted by molar-refractivity contribution is 0.122. The number of aromatic nitrogens is 7. The Labute approximate surface area is 166 Å². The molecule has 1 fully saturated rings. The van der Waals surface area contributed by atoms with Crippen molar-refractivity contribution in [2.24, 2.45) is 7.05 Å². The van der Waals surface area contributed by atoms with Gasteiger partial charge in [-0.05, 0) is 6.92 Å². The number of nitrogens with one attached hydrogen (secondary N) is 2. The first kappa shape index (κ1) is 18.9. The van der Waals surface area contributed by atoms with Gasteiger partial charge in [-0.3, -0.25) is 0 Å². The molecule has 0 aliphatic carbocycles. The highest BCUT2D eigenvalue weighted by Crippen LogP contribution is 2.20. The van der Waals surface area contributed by atoms with E-state index in [0.29, 0.717) is 55.8 Å². The lowest BCUT2D eigenvalue weighted by Crippen LogP contribution is -2.37. The van der Waals surface area contributed by atoms with Crippen LogP contribution in [-0.2, 0) is 11.8 Å². The first-order valence-electron chi connectivity index (χ1n) is 9.14. The highest BCUT2D eigenvalue weighted by Gasteiger charge is 2.18. The number of anilines is 4. The van der Waals surface area contributed by atoms with Crippen molar-refractivity contribution in [2.45, 2.75) is 13.0 Å². The molecule has 4 rings (SSSR count). The highest BCUT2D eigenvalue weighted by atomic mass is 19.1. The van der Waals surface area contributed by atoms with Crippen LogP contribution in [0, 0.1) is 5.82 Å². The molecule has 0 saturated carbocycles. The molecule has 11 nitrogen and oxygen atoms in total. The number of hydrogen-bond acceptors (Lipinski definition) is 10. The van der Waals surface area contributed by atoms with E-state index in [0.717, 1.165) is 12.4 Å². The zero-order valence-corrected chi connectivity index (χ0v) is 16.1. The van der Waals surface area contributed by atoms with E-state index in [1.165, 1.54) is 0 Å². The number of rotatable bonds is 6. The van der Waals surface area contributed by atoms with Gasteiger partial charge in [0, 0.05) is 26.3 Å². The van der Waals surface area contributed by atoms with Crippen molar-refractivity contribution in [1.29, 1.82) is 0 Å². The minimum atomic E-state index is -0.488. The van der Waals surface area contributed by atoms with Crippen LogP contribution in [0.4, 0.5) is 28.1 Å². The Hall–Kier alpha value is -3.41. The molecule has 0 spiro atoms. The molecular weight excluding hydrogens is 379 g/mol. The van der Waals surface area contributed by atoms with Gasteiger partial charge >= 0.3 is 0 Å². The molecule has 0 amide bonds. The smallest absolute Gasteiger partial charge is 0.235 e. The van der Waals surface area contributed by atoms with Crippen LogP contribution in [0.2, 0.25) is 0 Å². The zero-order chi connectivity index (χ0) is 20.2. The third-order valence-electron chi connectivity index (χ3n) is 4.24. The molecule has 29 heavy (non-hydrogen) atoms. The molecule has 3 aromatic rings. The second-order valence-corrected chi connectivity index (χ2v) is 6.56. The van der Waals surface area contributed by atoms with Gasteiger partial charge in [-0.1, -0.05) is 0 Å². The average Bonchev–Trinajstić information content (AvgIpc) is 3.13. The molecule has 0 bridgehead atoms. The summed E-state index contributed by atoms with van der Waals surface area (Å²) in [6.07, 6.45) is 5.75. The lowest BCUT2D eigenvalue weighted by Gasteiger charge is -2.27. The summed E-state index contributed by atoms with van der Waals surface area (Å²) in [6.45, 7) is 4.43. The van der Waals surface area contributed by atoms with Crippen LogP contribution in [0.5, 0.6) is 0 Å². The SMILES string of the molecule is C[C@H](Nc1nc(Nc2cn(C)cn2)nc(N2CCOCC2)n1)c1ncc(F)cn1. The number of nitrogens with zero attached hydrogens (tertiary/aromatic N) is 8. The number of imidazole rings is 1. The van der Waals surface area contributed by atoms with E-state index in [9.17, 15) is 4.39 Å². The number of aryl methyl sites for hydroxylation is 1. The van der Waals surface area contributed by atoms with E-state index in [1.54, 1.807) is 6.33 Å². The van der Waals surface area contributed by atoms with Crippen LogP contribution in [0.15, 0.2) is 24.9 Å². The van der Waals surface area contributed by atoms with E-state index >= 15 is 0 Å². The normalized spacial score (nSPS) is 15.2. The molecule has 1 aliphatic heterocycles. The van der Waals surface area contributed by atoms with E-state index in [1.807, 2.05) is 29.6 Å². The molecule has 0 radical (unpaired) electrons. The van der Waals surface area contributed by atoms with Crippen LogP contribution in [-0.4, -0.2) is 60.8 Å². The first-order valence-corrected chi connectivity index (χ1v) is 9.14. The largest absolute Gasteiger partial charge is 0.378 e. The van der Waals surface area contributed by atoms with Crippen LogP contribution in [0.25, 0.3) is 0 Å². The minimum Gasteiger partial charge on any atom is -0.378 e. The number of ether oxygens (including phenoxy) is 1. The van der Waals surface area contributed by atoms with Crippen molar-refractivity contribution in [3.8, 4) is 0 Å². The quantitative estimate of drug-likeness (QED) is 0.626. The second kappa shape index (κ2) is 8.31. The van der Waals surface area contributed by atoms with Gasteiger partial charge in [0.15, 0.2) is 11.6 Å². The second-order valence-electron chi connectivity index (χ2n) is 6.56. The van der Waals surface area contributed by atoms with Gasteiger partial charge < -0.3 is 24.8 Å². The minimum absolute atomic E-state index is 0.335. The maximum absolute atomic E-state index is 13.1. The summed E-state index contributed by atoms with van der Waals surface area (Å²) >= 11 is 0. The van der Waals surface area contributed by atoms with Crippen molar-refractivity contribution in [3.05, 3.63) is 36.6 Å². The lowest BCUT2D eigenvalue weighted by atomic mass is 10.3. The van der Waals surface area contributed by atoms with Crippen molar-refractivity contribution in [2.75, 3.05) is 41.8 Å². The van der Waals surface area contributed by atoms with Gasteiger partial charge in [0.05, 0.1) is 38.0 Å². The fourth-order valence-corrected chi connectivity index (χ4v) is 2.79. The summed E-state index contributed by atoms with van der Waals surface area (Å²) in [6, 6.07) is -0.335. The molecule has 2 N–H and O–H groups in total. The van der Waals surface area contributed by atoms with Gasteiger partial charge in [-0.2, -0.15) is 15.0 Å². The van der Waals surface area contributed by atoms with Crippen molar-refractivity contribution in [3.63, 3.8) is 0 Å². The summed E-state index contributed by atoms with van der Waals surface area (Å²) in [5.74, 6) is 1.79. The molecule has 152 valence electrons. The predicted octanol–water partition coefficient (Wildman–Crippen LogP) is 1.29. The monoisotopic (exact) mass is 400 g/mol. The first-order chi connectivity index (χ1) is 14.1. The Bertz CT molecular complexity index is 957. The topological polar surface area (TPSA) is 119 Å². The summed E-state index contributed by atoms with van der Waals surface area (Å²) in [5.41, 5.74) is 0. The van der Waals surface area contributed by atoms with Gasteiger partial charge in [-0.15, -0.1) is 0 Å². The van der Waals surface area contributed by atoms with Gasteiger partial charge in [-0.25, -0.2) is 19.3 Å². The van der Waals surface area contributed by atoms with Crippen molar-refractivity contribution in [1.82, 2.24) is 34.5 Å². The zero-order valence-electron chi connectivity index (χ0n) is 16.1. The number of hydrogen-bond donors (Lipinski definition) is 2. The Morgan fingerprint density at radius 2 is 1.79 bits per heavy atom. The molecule has 1 saturated heterocycles. The summed E-state index contributed by atoms with van der Waals surface area (Å²) in [5, 5.41) is 6.25. The van der Waals surface area contributed by atoms with Gasteiger partial charge in [0.1, 0.15) is 5.82 Å². The summed E-state index contributed by atoms with van der Waals surface area (Å²) in [4.78, 5) is 27.8. The molecule has 0 unspecified atom stereocenters. The maximum Gasteiger partial charge on any atom is 0.235 e. The standard InChI is InChI=1S/C17H21FN10O/c1-11(14-19-7-12(18)8-20-14)22-15-24-16(23-13-9-27(2)10-21-13)26-17(25-15)28-3-5-29-6-4-28/h7-11H,3-6H2,1-2H3,(H2,22,23,24,25,26)/t11-/m0/s1. The van der Waals surface area contributed by atoms with Crippen LogP contribution < -0.4 is 15.5 Å². The summed E-state index contributed by atoms with van der Waals surface area (Å²) in [7, 11) is 1.88. The molecule has 12 heteroatoms. The van der Waals surface area contributed by atoms with Crippen molar-refractivity contribution < 1.29 is 9.13 Å². The predicted molar refractivity (Wildman–Crippen MR) is 103 cm³/mol. The van der Waals surface area contributed by atoms with Gasteiger partial charge in [0.25, 0.3) is 0 Å². The van der Waals surface area contributed by atoms with Crippen molar-refractivity contribution >= 4 is 23.7 Å². The molecular formula is C17H21FN10O. The third-order valence-corrected chi connectivity index (χ3v) is 4.24. The Balaban J connectivity index is 1.60. The van der Waals surface area contributed by atoms with Crippen LogP contribution in [0.3, 0.4) is 0 Å². The van der Waals surface area contributed by atoms with Crippen LogP contribution in [0.1, 0.15) is 18.8 Å². The van der Waals surface area contributed by atoms with E-state index in [4.69, 9.17) is 4.74 Å². The highest BCUT2D eigenvalue weighted by molar-refractivity contribution is 5.51. The maximum atomic E-state index is 13.1. The molecule has 3 aromatic heterocycles. The Morgan fingerprint density at radius 1 is 1.07 bits per heavy atom. The molecule has 1 aliphatic rings. The number of morpholine rings is 1. The molecule has 0 aromatic carbocycles. The fraction of sp³-hybridized carbons (Fsp3) is 0.412. The molecule has 1 atom stereocenters. The average molecular weight is 400 g/mol. The third kappa shape index (κ3) is 4.71. The van der Waals surface area contributed by atoms with Gasteiger partial charge in [0.2, 0.25) is 17.8 Å². The Kier molecular flexibility index (Phi) is 5.42. The van der Waals surface area contributed by atoms with E-state index < -0.39 is 5.82 Å². The van der Waals surface area contributed by atoms with Crippen LogP contribution >= 0.6 is 0 Å². The summed E-state index contributed by atoms with van der Waals surface area (Å²) < 4.78 is 20.3. The fourth-order valence-electron chi connectivity index (χ4n) is 2.79. The van der Waals surface area contributed by atoms with E-state index in [2.05, 4.69) is 40.5 Å².